The molecule has 0 nitrogen and oxygen atoms in total. The van der Waals surface area contributed by atoms with Crippen molar-refractivity contribution in [2.75, 3.05) is 0 Å². The molecule has 1 aliphatic heterocycles. The monoisotopic (exact) mass is 53.1 g/mol. The topological polar surface area (TPSA) is 0 Å². The predicted molar refractivity (Wildman–Crippen MR) is 20.0 cm³/mol. The summed E-state index contributed by atoms with van der Waals surface area (Å²) in [5.74, 6) is 0. The van der Waals surface area contributed by atoms with Gasteiger partial charge in [0.25, 0.3) is 0 Å². The van der Waals surface area contributed by atoms with Crippen LogP contribution in [0.5, 0.6) is 0 Å². The van der Waals surface area contributed by atoms with E-state index >= 15 is 0 Å². The van der Waals surface area contributed by atoms with Gasteiger partial charge in [-0.3, -0.25) is 0 Å². The van der Waals surface area contributed by atoms with E-state index in [0.29, 0.717) is 0 Å². The largest absolute Gasteiger partial charge is 0.109 e. The Morgan fingerprint density at radius 2 is 1.50 bits per heavy atom. The summed E-state index contributed by atoms with van der Waals surface area (Å²) in [5, 5.41) is 0. The Hall–Kier alpha value is 0.0649. The van der Waals surface area contributed by atoms with Crippen molar-refractivity contribution in [3.8, 4) is 0 Å². The first-order valence-corrected chi connectivity index (χ1v) is 1.82. The molecule has 1 rings (SSSR count). The molecule has 0 aliphatic carbocycles. The van der Waals surface area contributed by atoms with Gasteiger partial charge < -0.3 is 0 Å². The van der Waals surface area contributed by atoms with Crippen molar-refractivity contribution in [2.24, 2.45) is 0 Å². The van der Waals surface area contributed by atoms with E-state index in [0.717, 1.165) is 0 Å². The normalized spacial score (nSPS) is 22.0. The van der Waals surface area contributed by atoms with Crippen molar-refractivity contribution in [3.05, 3.63) is 0 Å². The van der Waals surface area contributed by atoms with Crippen LogP contribution in [0.4, 0.5) is 0 Å². The fourth-order valence-corrected chi connectivity index (χ4v) is 0.204. The van der Waals surface area contributed by atoms with Crippen LogP contribution in [0.1, 0.15) is 6.42 Å². The van der Waals surface area contributed by atoms with E-state index in [9.17, 15) is 0 Å². The zero-order valence-electron chi connectivity index (χ0n) is 2.70. The van der Waals surface area contributed by atoms with Gasteiger partial charge in [-0.2, -0.15) is 0 Å². The number of rotatable bonds is 0. The quantitative estimate of drug-likeness (QED) is 0.360. The predicted octanol–water partition coefficient (Wildman–Crippen LogP) is 0.931. The molecule has 0 bridgehead atoms. The molecule has 1 radical (unpaired) electrons. The Bertz CT molecular complexity index is 11.2. The van der Waals surface area contributed by atoms with E-state index < -0.39 is 0 Å². The molecule has 0 atom stereocenters. The molecular weight excluding hydrogens is 46.8 g/mol. The summed E-state index contributed by atoms with van der Waals surface area (Å²) < 4.78 is 0. The Balaban J connectivity index is 2.00. The van der Waals surface area contributed by atoms with Crippen LogP contribution < -0.4 is 0 Å². The Morgan fingerprint density at radius 3 is 1.50 bits per heavy atom. The van der Waals surface area contributed by atoms with Crippen LogP contribution >= 0.6 is 0 Å². The standard InChI is InChI=1S/C3H6B/c1-2-4-3-1/h1-3H2. The lowest BCUT2D eigenvalue weighted by Crippen LogP contribution is -1.98. The molecule has 0 aromatic carbocycles. The molecule has 1 saturated heterocycles. The third kappa shape index (κ3) is 0.142. The summed E-state index contributed by atoms with van der Waals surface area (Å²) in [5.41, 5.74) is 0. The van der Waals surface area contributed by atoms with E-state index in [1.165, 1.54) is 19.1 Å². The summed E-state index contributed by atoms with van der Waals surface area (Å²) in [7, 11) is 2.31. The lowest BCUT2D eigenvalue weighted by Gasteiger charge is -2.03. The van der Waals surface area contributed by atoms with Gasteiger partial charge in [-0.15, -0.1) is 0 Å². The van der Waals surface area contributed by atoms with Gasteiger partial charge in [0.2, 0.25) is 0 Å². The molecular formula is C3H6B. The van der Waals surface area contributed by atoms with Crippen LogP contribution in [0.25, 0.3) is 0 Å². The fraction of sp³-hybridized carbons (Fsp3) is 1.00. The number of hydrogen-bond donors (Lipinski definition) is 0. The average molecular weight is 52.9 g/mol. The van der Waals surface area contributed by atoms with Crippen LogP contribution in [0.15, 0.2) is 0 Å². The lowest BCUT2D eigenvalue weighted by molar-refractivity contribution is 0.971. The third-order valence-corrected chi connectivity index (χ3v) is 0.816. The van der Waals surface area contributed by atoms with Gasteiger partial charge in [0.05, 0.1) is 0 Å². The van der Waals surface area contributed by atoms with Crippen molar-refractivity contribution >= 4 is 7.28 Å². The highest BCUT2D eigenvalue weighted by Crippen LogP contribution is 2.07. The smallest absolute Gasteiger partial charge is 0.0810 e. The summed E-state index contributed by atoms with van der Waals surface area (Å²) in [6.07, 6.45) is 4.19. The lowest BCUT2D eigenvalue weighted by atomic mass is 9.58. The average Bonchev–Trinajstić information content (AvgIpc) is 0.722. The van der Waals surface area contributed by atoms with Crippen molar-refractivity contribution < 1.29 is 0 Å². The first-order chi connectivity index (χ1) is 2.00. The fourth-order valence-electron chi connectivity index (χ4n) is 0.204. The zero-order chi connectivity index (χ0) is 2.83. The van der Waals surface area contributed by atoms with E-state index in [-0.39, 0.29) is 0 Å². The second kappa shape index (κ2) is 0.791. The van der Waals surface area contributed by atoms with E-state index in [1.54, 1.807) is 0 Å². The highest BCUT2D eigenvalue weighted by atomic mass is 13.8. The van der Waals surface area contributed by atoms with Crippen LogP contribution in [0, 0.1) is 0 Å². The van der Waals surface area contributed by atoms with Crippen LogP contribution in [0.3, 0.4) is 0 Å². The molecule has 0 N–H and O–H groups in total. The second-order valence-electron chi connectivity index (χ2n) is 1.22. The highest BCUT2D eigenvalue weighted by molar-refractivity contribution is 6.38. The van der Waals surface area contributed by atoms with Crippen molar-refractivity contribution in [1.82, 2.24) is 0 Å². The molecule has 0 spiro atoms. The molecule has 0 aromatic heterocycles. The summed E-state index contributed by atoms with van der Waals surface area (Å²) in [4.78, 5) is 0. The van der Waals surface area contributed by atoms with Gasteiger partial charge in [-0.05, 0) is 0 Å². The molecule has 4 heavy (non-hydrogen) atoms. The maximum atomic E-state index is 2.31. The maximum Gasteiger partial charge on any atom is 0.109 e. The van der Waals surface area contributed by atoms with Gasteiger partial charge in [0.1, 0.15) is 7.28 Å². The first-order valence-electron chi connectivity index (χ1n) is 1.82. The number of hydrogen-bond acceptors (Lipinski definition) is 0. The molecule has 1 fully saturated rings. The molecule has 0 unspecified atom stereocenters. The zero-order valence-corrected chi connectivity index (χ0v) is 2.70. The van der Waals surface area contributed by atoms with Crippen molar-refractivity contribution in [2.45, 2.75) is 19.1 Å². The maximum absolute atomic E-state index is 2.31. The van der Waals surface area contributed by atoms with Gasteiger partial charge in [0, 0.05) is 0 Å². The second-order valence-corrected chi connectivity index (χ2v) is 1.22. The Morgan fingerprint density at radius 1 is 1.25 bits per heavy atom. The molecule has 1 heteroatoms. The highest BCUT2D eigenvalue weighted by Gasteiger charge is 1.97. The SMILES string of the molecule is [B]1CCC1. The molecule has 0 saturated carbocycles. The van der Waals surface area contributed by atoms with Crippen molar-refractivity contribution in [3.63, 3.8) is 0 Å². The summed E-state index contributed by atoms with van der Waals surface area (Å²) in [6.45, 7) is 0. The Labute approximate surface area is 27.5 Å². The van der Waals surface area contributed by atoms with Gasteiger partial charge >= 0.3 is 0 Å². The third-order valence-electron chi connectivity index (χ3n) is 0.816. The molecule has 1 heterocycles. The van der Waals surface area contributed by atoms with Crippen LogP contribution in [0.2, 0.25) is 12.6 Å². The molecule has 0 aromatic rings. The van der Waals surface area contributed by atoms with Gasteiger partial charge in [0.15, 0.2) is 0 Å². The minimum absolute atomic E-state index is 1.38. The van der Waals surface area contributed by atoms with Gasteiger partial charge in [-0.25, -0.2) is 0 Å². The van der Waals surface area contributed by atoms with Crippen LogP contribution in [-0.4, -0.2) is 7.28 Å². The van der Waals surface area contributed by atoms with E-state index in [1.807, 2.05) is 0 Å². The summed E-state index contributed by atoms with van der Waals surface area (Å²) >= 11 is 0. The first kappa shape index (κ1) is 2.31. The van der Waals surface area contributed by atoms with Crippen LogP contribution in [-0.2, 0) is 0 Å². The van der Waals surface area contributed by atoms with Gasteiger partial charge in [-0.1, -0.05) is 19.1 Å². The minimum atomic E-state index is 1.38. The summed E-state index contributed by atoms with van der Waals surface area (Å²) in [6, 6.07) is 0. The Kier molecular flexibility index (Phi) is 0.457. The molecule has 0 amide bonds. The van der Waals surface area contributed by atoms with Crippen molar-refractivity contribution in [1.29, 1.82) is 0 Å². The molecule has 21 valence electrons. The molecule has 1 aliphatic rings. The van der Waals surface area contributed by atoms with E-state index in [4.69, 9.17) is 0 Å². The van der Waals surface area contributed by atoms with E-state index in [2.05, 4.69) is 7.28 Å². The minimum Gasteiger partial charge on any atom is -0.0810 e.